The van der Waals surface area contributed by atoms with E-state index in [9.17, 15) is 0 Å². The highest BCUT2D eigenvalue weighted by Crippen LogP contribution is 2.33. The third-order valence-corrected chi connectivity index (χ3v) is 3.23. The summed E-state index contributed by atoms with van der Waals surface area (Å²) in [6, 6.07) is 0. The van der Waals surface area contributed by atoms with Crippen molar-refractivity contribution in [3.05, 3.63) is 0 Å². The van der Waals surface area contributed by atoms with Crippen molar-refractivity contribution in [1.82, 2.24) is 4.90 Å². The lowest BCUT2D eigenvalue weighted by atomic mass is 9.75. The maximum Gasteiger partial charge on any atom is 0.0558 e. The van der Waals surface area contributed by atoms with E-state index in [4.69, 9.17) is 5.11 Å². The Labute approximate surface area is 81.9 Å². The van der Waals surface area contributed by atoms with Crippen LogP contribution in [0, 0.1) is 11.3 Å². The van der Waals surface area contributed by atoms with Crippen molar-refractivity contribution in [2.75, 3.05) is 26.2 Å². The first kappa shape index (κ1) is 11.0. The molecule has 0 radical (unpaired) electrons. The molecule has 1 aliphatic heterocycles. The molecule has 0 aromatic rings. The van der Waals surface area contributed by atoms with Crippen LogP contribution in [0.3, 0.4) is 0 Å². The highest BCUT2D eigenvalue weighted by molar-refractivity contribution is 4.80. The lowest BCUT2D eigenvalue weighted by molar-refractivity contribution is 0.0978. The van der Waals surface area contributed by atoms with E-state index in [-0.39, 0.29) is 0 Å². The molecule has 0 aromatic carbocycles. The zero-order chi connectivity index (χ0) is 9.90. The maximum atomic E-state index is 8.80. The van der Waals surface area contributed by atoms with Gasteiger partial charge in [-0.25, -0.2) is 0 Å². The molecular weight excluding hydrogens is 162 g/mol. The lowest BCUT2D eigenvalue weighted by Gasteiger charge is -2.38. The first-order valence-electron chi connectivity index (χ1n) is 5.37. The van der Waals surface area contributed by atoms with E-state index in [1.165, 1.54) is 25.9 Å². The van der Waals surface area contributed by atoms with Gasteiger partial charge in [0.05, 0.1) is 6.61 Å². The molecule has 1 saturated heterocycles. The fraction of sp³-hybridized carbons (Fsp3) is 1.00. The Kier molecular flexibility index (Phi) is 3.74. The van der Waals surface area contributed by atoms with Crippen LogP contribution in [0.5, 0.6) is 0 Å². The van der Waals surface area contributed by atoms with Crippen molar-refractivity contribution in [3.8, 4) is 0 Å². The molecule has 1 N–H and O–H groups in total. The molecule has 1 fully saturated rings. The molecule has 0 spiro atoms. The van der Waals surface area contributed by atoms with Crippen molar-refractivity contribution in [3.63, 3.8) is 0 Å². The third kappa shape index (κ3) is 3.28. The highest BCUT2D eigenvalue weighted by Gasteiger charge is 2.28. The number of likely N-dealkylation sites (tertiary alicyclic amines) is 1. The van der Waals surface area contributed by atoms with Gasteiger partial charge in [-0.2, -0.15) is 0 Å². The van der Waals surface area contributed by atoms with Gasteiger partial charge in [-0.1, -0.05) is 20.8 Å². The molecule has 0 aromatic heterocycles. The van der Waals surface area contributed by atoms with Gasteiger partial charge in [0.15, 0.2) is 0 Å². The van der Waals surface area contributed by atoms with E-state index in [0.717, 1.165) is 12.5 Å². The molecular formula is C11H23NO. The number of hydrogen-bond donors (Lipinski definition) is 1. The summed E-state index contributed by atoms with van der Waals surface area (Å²) in [6.45, 7) is 10.5. The number of aliphatic hydroxyl groups excluding tert-OH is 1. The molecule has 0 unspecified atom stereocenters. The van der Waals surface area contributed by atoms with Crippen LogP contribution in [0.25, 0.3) is 0 Å². The van der Waals surface area contributed by atoms with Crippen LogP contribution in [-0.4, -0.2) is 36.2 Å². The first-order chi connectivity index (χ1) is 6.04. The number of aliphatic hydroxyl groups is 1. The molecule has 1 heterocycles. The van der Waals surface area contributed by atoms with Crippen LogP contribution in [0.2, 0.25) is 0 Å². The number of rotatable bonds is 2. The fourth-order valence-corrected chi connectivity index (χ4v) is 2.16. The van der Waals surface area contributed by atoms with Gasteiger partial charge in [0, 0.05) is 6.54 Å². The molecule has 78 valence electrons. The second-order valence-corrected chi connectivity index (χ2v) is 5.21. The number of β-amino-alcohol motifs (C(OH)–C–C–N with tert-alkyl or cyclic N) is 1. The smallest absolute Gasteiger partial charge is 0.0558 e. The number of hydrogen-bond acceptors (Lipinski definition) is 2. The van der Waals surface area contributed by atoms with Gasteiger partial charge >= 0.3 is 0 Å². The van der Waals surface area contributed by atoms with Crippen LogP contribution in [0.1, 0.15) is 33.6 Å². The summed E-state index contributed by atoms with van der Waals surface area (Å²) in [6.07, 6.45) is 2.59. The largest absolute Gasteiger partial charge is 0.395 e. The molecule has 0 atom stereocenters. The standard InChI is InChI=1S/C11H23NO/c1-11(2,3)10-4-6-12(7-5-10)8-9-13/h10,13H,4-9H2,1-3H3. The molecule has 2 nitrogen and oxygen atoms in total. The quantitative estimate of drug-likeness (QED) is 0.708. The average Bonchev–Trinajstić information content (AvgIpc) is 2.04. The Hall–Kier alpha value is -0.0800. The van der Waals surface area contributed by atoms with Gasteiger partial charge in [0.25, 0.3) is 0 Å². The summed E-state index contributed by atoms with van der Waals surface area (Å²) < 4.78 is 0. The van der Waals surface area contributed by atoms with Crippen molar-refractivity contribution < 1.29 is 5.11 Å². The predicted molar refractivity (Wildman–Crippen MR) is 55.7 cm³/mol. The van der Waals surface area contributed by atoms with E-state index in [0.29, 0.717) is 12.0 Å². The van der Waals surface area contributed by atoms with E-state index in [1.807, 2.05) is 0 Å². The number of piperidine rings is 1. The first-order valence-corrected chi connectivity index (χ1v) is 5.37. The van der Waals surface area contributed by atoms with E-state index in [2.05, 4.69) is 25.7 Å². The Morgan fingerprint density at radius 2 is 1.77 bits per heavy atom. The SMILES string of the molecule is CC(C)(C)C1CCN(CCO)CC1. The third-order valence-electron chi connectivity index (χ3n) is 3.23. The van der Waals surface area contributed by atoms with Gasteiger partial charge in [-0.15, -0.1) is 0 Å². The molecule has 2 heteroatoms. The van der Waals surface area contributed by atoms with Crippen LogP contribution >= 0.6 is 0 Å². The van der Waals surface area contributed by atoms with Gasteiger partial charge in [0.1, 0.15) is 0 Å². The Bertz CT molecular complexity index is 143. The minimum absolute atomic E-state index is 0.306. The van der Waals surface area contributed by atoms with Crippen molar-refractivity contribution >= 4 is 0 Å². The predicted octanol–water partition coefficient (Wildman–Crippen LogP) is 1.74. The molecule has 1 aliphatic rings. The van der Waals surface area contributed by atoms with Gasteiger partial charge in [-0.3, -0.25) is 0 Å². The lowest BCUT2D eigenvalue weighted by Crippen LogP contribution is -2.39. The van der Waals surface area contributed by atoms with Gasteiger partial charge in [0.2, 0.25) is 0 Å². The van der Waals surface area contributed by atoms with Gasteiger partial charge < -0.3 is 10.0 Å². The summed E-state index contributed by atoms with van der Waals surface area (Å²) in [7, 11) is 0. The zero-order valence-corrected chi connectivity index (χ0v) is 9.21. The van der Waals surface area contributed by atoms with E-state index < -0.39 is 0 Å². The van der Waals surface area contributed by atoms with Crippen molar-refractivity contribution in [2.24, 2.45) is 11.3 Å². The second-order valence-electron chi connectivity index (χ2n) is 5.21. The Morgan fingerprint density at radius 3 is 2.15 bits per heavy atom. The summed E-state index contributed by atoms with van der Waals surface area (Å²) in [4.78, 5) is 2.36. The summed E-state index contributed by atoms with van der Waals surface area (Å²) in [5, 5.41) is 8.80. The molecule has 0 bridgehead atoms. The summed E-state index contributed by atoms with van der Waals surface area (Å²) in [5.41, 5.74) is 0.464. The summed E-state index contributed by atoms with van der Waals surface area (Å²) >= 11 is 0. The summed E-state index contributed by atoms with van der Waals surface area (Å²) in [5.74, 6) is 0.863. The Morgan fingerprint density at radius 1 is 1.23 bits per heavy atom. The second kappa shape index (κ2) is 4.43. The minimum Gasteiger partial charge on any atom is -0.395 e. The average molecular weight is 185 g/mol. The normalized spacial score (nSPS) is 22.2. The van der Waals surface area contributed by atoms with E-state index in [1.54, 1.807) is 0 Å². The molecule has 1 rings (SSSR count). The minimum atomic E-state index is 0.306. The molecule has 0 aliphatic carbocycles. The monoisotopic (exact) mass is 185 g/mol. The van der Waals surface area contributed by atoms with Crippen LogP contribution < -0.4 is 0 Å². The van der Waals surface area contributed by atoms with Gasteiger partial charge in [-0.05, 0) is 37.3 Å². The highest BCUT2D eigenvalue weighted by atomic mass is 16.3. The topological polar surface area (TPSA) is 23.5 Å². The van der Waals surface area contributed by atoms with Crippen LogP contribution in [-0.2, 0) is 0 Å². The van der Waals surface area contributed by atoms with Crippen molar-refractivity contribution in [1.29, 1.82) is 0 Å². The fourth-order valence-electron chi connectivity index (χ4n) is 2.16. The van der Waals surface area contributed by atoms with Crippen molar-refractivity contribution in [2.45, 2.75) is 33.6 Å². The molecule has 0 amide bonds. The van der Waals surface area contributed by atoms with Crippen LogP contribution in [0.15, 0.2) is 0 Å². The van der Waals surface area contributed by atoms with Crippen LogP contribution in [0.4, 0.5) is 0 Å². The maximum absolute atomic E-state index is 8.80. The Balaban J connectivity index is 2.30. The number of nitrogens with zero attached hydrogens (tertiary/aromatic N) is 1. The zero-order valence-electron chi connectivity index (χ0n) is 9.21. The van der Waals surface area contributed by atoms with E-state index >= 15 is 0 Å². The molecule has 0 saturated carbocycles. The molecule has 13 heavy (non-hydrogen) atoms.